The molecule has 1 amide bonds. The van der Waals surface area contributed by atoms with E-state index in [9.17, 15) is 4.79 Å². The van der Waals surface area contributed by atoms with E-state index in [1.807, 2.05) is 13.0 Å². The number of hydrogen-bond acceptors (Lipinski definition) is 2. The summed E-state index contributed by atoms with van der Waals surface area (Å²) in [5.74, 6) is 0.742. The fourth-order valence-electron chi connectivity index (χ4n) is 0.826. The highest BCUT2D eigenvalue weighted by Gasteiger charge is 2.14. The molecule has 0 spiro atoms. The Morgan fingerprint density at radius 1 is 1.64 bits per heavy atom. The van der Waals surface area contributed by atoms with Gasteiger partial charge in [-0.2, -0.15) is 0 Å². The van der Waals surface area contributed by atoms with E-state index in [-0.39, 0.29) is 11.8 Å². The van der Waals surface area contributed by atoms with E-state index < -0.39 is 0 Å². The summed E-state index contributed by atoms with van der Waals surface area (Å²) in [4.78, 5) is 10.7. The van der Waals surface area contributed by atoms with Gasteiger partial charge in [0.25, 0.3) is 0 Å². The first-order chi connectivity index (χ1) is 5.11. The zero-order valence-corrected chi connectivity index (χ0v) is 6.63. The van der Waals surface area contributed by atoms with E-state index in [2.05, 4.69) is 0 Å². The molecule has 1 rings (SSSR count). The van der Waals surface area contributed by atoms with Gasteiger partial charge in [-0.15, -0.1) is 0 Å². The molecule has 0 aliphatic rings. The quantitative estimate of drug-likeness (QED) is 0.693. The zero-order valence-electron chi connectivity index (χ0n) is 6.63. The molecule has 2 N–H and O–H groups in total. The van der Waals surface area contributed by atoms with Crippen molar-refractivity contribution in [2.45, 2.75) is 19.8 Å². The van der Waals surface area contributed by atoms with Crippen LogP contribution in [0.5, 0.6) is 0 Å². The van der Waals surface area contributed by atoms with Crippen molar-refractivity contribution in [2.75, 3.05) is 0 Å². The Hall–Kier alpha value is -1.25. The molecular weight excluding hydrogens is 142 g/mol. The fraction of sp³-hybridized carbons (Fsp3) is 0.375. The molecule has 0 fully saturated rings. The van der Waals surface area contributed by atoms with E-state index >= 15 is 0 Å². The van der Waals surface area contributed by atoms with E-state index in [1.165, 1.54) is 0 Å². The normalized spacial score (nSPS) is 12.9. The summed E-state index contributed by atoms with van der Waals surface area (Å²) in [6.07, 6.45) is 0. The van der Waals surface area contributed by atoms with Crippen molar-refractivity contribution in [1.82, 2.24) is 0 Å². The van der Waals surface area contributed by atoms with Crippen LogP contribution in [0.4, 0.5) is 0 Å². The molecule has 1 aromatic heterocycles. The Morgan fingerprint density at radius 3 is 2.64 bits per heavy atom. The lowest BCUT2D eigenvalue weighted by molar-refractivity contribution is -0.119. The van der Waals surface area contributed by atoms with Crippen molar-refractivity contribution in [3.05, 3.63) is 23.7 Å². The van der Waals surface area contributed by atoms with Gasteiger partial charge in [-0.1, -0.05) is 0 Å². The highest BCUT2D eigenvalue weighted by Crippen LogP contribution is 2.16. The monoisotopic (exact) mass is 153 g/mol. The molecule has 1 unspecified atom stereocenters. The Kier molecular flexibility index (Phi) is 1.98. The van der Waals surface area contributed by atoms with Gasteiger partial charge < -0.3 is 10.2 Å². The SMILES string of the molecule is Cc1ccc(C(C)C(N)=O)o1. The first-order valence-corrected chi connectivity index (χ1v) is 3.47. The van der Waals surface area contributed by atoms with Crippen LogP contribution in [0.15, 0.2) is 16.5 Å². The van der Waals surface area contributed by atoms with Gasteiger partial charge in [0.2, 0.25) is 5.91 Å². The van der Waals surface area contributed by atoms with Gasteiger partial charge in [-0.3, -0.25) is 4.79 Å². The first-order valence-electron chi connectivity index (χ1n) is 3.47. The van der Waals surface area contributed by atoms with Crippen LogP contribution in [-0.2, 0) is 4.79 Å². The van der Waals surface area contributed by atoms with Gasteiger partial charge in [-0.25, -0.2) is 0 Å². The van der Waals surface area contributed by atoms with Crippen LogP contribution in [0.1, 0.15) is 24.4 Å². The van der Waals surface area contributed by atoms with E-state index in [4.69, 9.17) is 10.2 Å². The Balaban J connectivity index is 2.84. The molecule has 0 saturated carbocycles. The van der Waals surface area contributed by atoms with Gasteiger partial charge in [-0.05, 0) is 26.0 Å². The third kappa shape index (κ3) is 1.61. The lowest BCUT2D eigenvalue weighted by atomic mass is 10.1. The highest BCUT2D eigenvalue weighted by molar-refractivity contribution is 5.80. The minimum absolute atomic E-state index is 0.330. The van der Waals surface area contributed by atoms with Crippen molar-refractivity contribution < 1.29 is 9.21 Å². The van der Waals surface area contributed by atoms with Gasteiger partial charge in [0, 0.05) is 0 Å². The molecule has 11 heavy (non-hydrogen) atoms. The highest BCUT2D eigenvalue weighted by atomic mass is 16.3. The number of furan rings is 1. The molecule has 1 atom stereocenters. The van der Waals surface area contributed by atoms with Gasteiger partial charge in [0.05, 0.1) is 5.92 Å². The summed E-state index contributed by atoms with van der Waals surface area (Å²) in [5.41, 5.74) is 5.08. The van der Waals surface area contributed by atoms with E-state index in [1.54, 1.807) is 13.0 Å². The van der Waals surface area contributed by atoms with Gasteiger partial charge in [0.1, 0.15) is 11.5 Å². The number of amides is 1. The second-order valence-electron chi connectivity index (χ2n) is 2.57. The number of carbonyl (C=O) groups excluding carboxylic acids is 1. The summed E-state index contributed by atoms with van der Waals surface area (Å²) in [6, 6.07) is 3.58. The predicted molar refractivity (Wildman–Crippen MR) is 41.1 cm³/mol. The maximum absolute atomic E-state index is 10.7. The van der Waals surface area contributed by atoms with E-state index in [0.717, 1.165) is 5.76 Å². The Bertz CT molecular complexity index is 265. The van der Waals surface area contributed by atoms with Gasteiger partial charge in [0.15, 0.2) is 0 Å². The summed E-state index contributed by atoms with van der Waals surface area (Å²) >= 11 is 0. The minimum Gasteiger partial charge on any atom is -0.466 e. The fourth-order valence-corrected chi connectivity index (χ4v) is 0.826. The van der Waals surface area contributed by atoms with Crippen molar-refractivity contribution in [1.29, 1.82) is 0 Å². The van der Waals surface area contributed by atoms with Crippen LogP contribution >= 0.6 is 0 Å². The maximum Gasteiger partial charge on any atom is 0.227 e. The summed E-state index contributed by atoms with van der Waals surface area (Å²) in [5, 5.41) is 0. The summed E-state index contributed by atoms with van der Waals surface area (Å²) in [6.45, 7) is 3.55. The number of aryl methyl sites for hydroxylation is 1. The van der Waals surface area contributed by atoms with Crippen molar-refractivity contribution >= 4 is 5.91 Å². The standard InChI is InChI=1S/C8H11NO2/c1-5-3-4-7(11-5)6(2)8(9)10/h3-4,6H,1-2H3,(H2,9,10). The number of nitrogens with two attached hydrogens (primary N) is 1. The van der Waals surface area contributed by atoms with Crippen molar-refractivity contribution in [3.63, 3.8) is 0 Å². The van der Waals surface area contributed by atoms with Crippen LogP contribution in [0.3, 0.4) is 0 Å². The molecule has 0 saturated heterocycles. The Morgan fingerprint density at radius 2 is 2.27 bits per heavy atom. The molecule has 1 heterocycles. The lowest BCUT2D eigenvalue weighted by Gasteiger charge is -2.00. The largest absolute Gasteiger partial charge is 0.466 e. The van der Waals surface area contributed by atoms with E-state index in [0.29, 0.717) is 5.76 Å². The second-order valence-corrected chi connectivity index (χ2v) is 2.57. The molecule has 0 aliphatic carbocycles. The third-order valence-corrected chi connectivity index (χ3v) is 1.61. The molecule has 60 valence electrons. The van der Waals surface area contributed by atoms with Crippen LogP contribution < -0.4 is 5.73 Å². The van der Waals surface area contributed by atoms with Crippen molar-refractivity contribution in [2.24, 2.45) is 5.73 Å². The molecule has 1 aromatic rings. The number of rotatable bonds is 2. The molecule has 3 heteroatoms. The van der Waals surface area contributed by atoms with Crippen molar-refractivity contribution in [3.8, 4) is 0 Å². The van der Waals surface area contributed by atoms with Crippen LogP contribution in [-0.4, -0.2) is 5.91 Å². The molecule has 0 aromatic carbocycles. The summed E-state index contributed by atoms with van der Waals surface area (Å²) < 4.78 is 5.21. The number of primary amides is 1. The smallest absolute Gasteiger partial charge is 0.227 e. The molecule has 0 aliphatic heterocycles. The third-order valence-electron chi connectivity index (χ3n) is 1.61. The first kappa shape index (κ1) is 7.85. The minimum atomic E-state index is -0.362. The average Bonchev–Trinajstić information content (AvgIpc) is 2.34. The van der Waals surface area contributed by atoms with Crippen LogP contribution in [0.25, 0.3) is 0 Å². The zero-order chi connectivity index (χ0) is 8.43. The van der Waals surface area contributed by atoms with Gasteiger partial charge >= 0.3 is 0 Å². The average molecular weight is 153 g/mol. The lowest BCUT2D eigenvalue weighted by Crippen LogP contribution is -2.18. The second kappa shape index (κ2) is 2.78. The topological polar surface area (TPSA) is 56.2 Å². The molecule has 0 radical (unpaired) electrons. The molecule has 3 nitrogen and oxygen atoms in total. The Labute approximate surface area is 65.2 Å². The van der Waals surface area contributed by atoms with Crippen LogP contribution in [0, 0.1) is 6.92 Å². The summed E-state index contributed by atoms with van der Waals surface area (Å²) in [7, 11) is 0. The number of carbonyl (C=O) groups is 1. The maximum atomic E-state index is 10.7. The molecule has 0 bridgehead atoms. The number of hydrogen-bond donors (Lipinski definition) is 1. The molecular formula is C8H11NO2. The van der Waals surface area contributed by atoms with Crippen LogP contribution in [0.2, 0.25) is 0 Å². The predicted octanol–water partition coefficient (Wildman–Crippen LogP) is 1.18.